The Hall–Kier alpha value is -0.570. The standard InChI is InChI=1S/C16H32N2O/c1-12-8-6-5-7-9-14(12)18-15(19)10-13(17)11-16(2,3)4/h12-14H,5-11,17H2,1-4H3,(H,18,19). The zero-order valence-electron chi connectivity index (χ0n) is 13.2. The van der Waals surface area contributed by atoms with Crippen LogP contribution in [0.3, 0.4) is 0 Å². The molecule has 0 aromatic heterocycles. The van der Waals surface area contributed by atoms with Gasteiger partial charge >= 0.3 is 0 Å². The molecule has 0 saturated heterocycles. The van der Waals surface area contributed by atoms with E-state index in [1.807, 2.05) is 0 Å². The predicted octanol–water partition coefficient (Wildman–Crippen LogP) is 3.23. The van der Waals surface area contributed by atoms with Gasteiger partial charge in [0, 0.05) is 18.5 Å². The molecule has 19 heavy (non-hydrogen) atoms. The van der Waals surface area contributed by atoms with Crippen molar-refractivity contribution < 1.29 is 4.79 Å². The fraction of sp³-hybridized carbons (Fsp3) is 0.938. The quantitative estimate of drug-likeness (QED) is 0.769. The van der Waals surface area contributed by atoms with E-state index in [4.69, 9.17) is 5.73 Å². The molecule has 0 radical (unpaired) electrons. The highest BCUT2D eigenvalue weighted by Gasteiger charge is 2.23. The lowest BCUT2D eigenvalue weighted by molar-refractivity contribution is -0.122. The summed E-state index contributed by atoms with van der Waals surface area (Å²) >= 11 is 0. The molecule has 0 aromatic carbocycles. The minimum Gasteiger partial charge on any atom is -0.353 e. The van der Waals surface area contributed by atoms with Gasteiger partial charge in [0.05, 0.1) is 0 Å². The van der Waals surface area contributed by atoms with Crippen molar-refractivity contribution in [3.63, 3.8) is 0 Å². The monoisotopic (exact) mass is 268 g/mol. The minimum absolute atomic E-state index is 0.0268. The van der Waals surface area contributed by atoms with E-state index in [0.29, 0.717) is 18.4 Å². The molecule has 0 heterocycles. The molecule has 0 aliphatic heterocycles. The number of amides is 1. The molecule has 1 fully saturated rings. The highest BCUT2D eigenvalue weighted by Crippen LogP contribution is 2.24. The molecular formula is C16H32N2O. The van der Waals surface area contributed by atoms with E-state index in [0.717, 1.165) is 12.8 Å². The first-order valence-corrected chi connectivity index (χ1v) is 7.83. The number of hydrogen-bond acceptors (Lipinski definition) is 2. The second-order valence-corrected chi connectivity index (χ2v) is 7.52. The van der Waals surface area contributed by atoms with Crippen LogP contribution in [0.15, 0.2) is 0 Å². The van der Waals surface area contributed by atoms with E-state index in [1.165, 1.54) is 25.7 Å². The molecule has 1 amide bonds. The smallest absolute Gasteiger partial charge is 0.221 e. The Morgan fingerprint density at radius 1 is 1.26 bits per heavy atom. The summed E-state index contributed by atoms with van der Waals surface area (Å²) < 4.78 is 0. The summed E-state index contributed by atoms with van der Waals surface area (Å²) in [6.45, 7) is 8.75. The minimum atomic E-state index is -0.0268. The third-order valence-corrected chi connectivity index (χ3v) is 4.03. The third-order valence-electron chi connectivity index (χ3n) is 4.03. The largest absolute Gasteiger partial charge is 0.353 e. The maximum Gasteiger partial charge on any atom is 0.221 e. The van der Waals surface area contributed by atoms with Gasteiger partial charge in [0.25, 0.3) is 0 Å². The molecule has 112 valence electrons. The third kappa shape index (κ3) is 6.95. The summed E-state index contributed by atoms with van der Waals surface area (Å²) in [6, 6.07) is 0.331. The van der Waals surface area contributed by atoms with Gasteiger partial charge in [-0.2, -0.15) is 0 Å². The van der Waals surface area contributed by atoms with Gasteiger partial charge in [-0.15, -0.1) is 0 Å². The van der Waals surface area contributed by atoms with Crippen LogP contribution in [0.4, 0.5) is 0 Å². The van der Waals surface area contributed by atoms with E-state index in [2.05, 4.69) is 33.0 Å². The van der Waals surface area contributed by atoms with Gasteiger partial charge in [-0.05, 0) is 30.6 Å². The summed E-state index contributed by atoms with van der Waals surface area (Å²) in [5, 5.41) is 3.21. The molecule has 3 heteroatoms. The molecule has 0 spiro atoms. The molecule has 0 aromatic rings. The Bertz CT molecular complexity index is 283. The van der Waals surface area contributed by atoms with Gasteiger partial charge in [0.15, 0.2) is 0 Å². The molecular weight excluding hydrogens is 236 g/mol. The van der Waals surface area contributed by atoms with Crippen LogP contribution in [-0.2, 0) is 4.79 Å². The van der Waals surface area contributed by atoms with Crippen molar-refractivity contribution in [1.82, 2.24) is 5.32 Å². The van der Waals surface area contributed by atoms with Crippen molar-refractivity contribution in [2.45, 2.75) is 84.7 Å². The number of carbonyl (C=O) groups is 1. The molecule has 1 saturated carbocycles. The Balaban J connectivity index is 2.37. The second kappa shape index (κ2) is 7.28. The summed E-state index contributed by atoms with van der Waals surface area (Å²) in [5.74, 6) is 0.737. The van der Waals surface area contributed by atoms with Crippen LogP contribution in [0.5, 0.6) is 0 Å². The number of carbonyl (C=O) groups excluding carboxylic acids is 1. The van der Waals surface area contributed by atoms with Crippen LogP contribution >= 0.6 is 0 Å². The van der Waals surface area contributed by atoms with Gasteiger partial charge in [-0.3, -0.25) is 4.79 Å². The first-order chi connectivity index (χ1) is 8.78. The Morgan fingerprint density at radius 3 is 2.53 bits per heavy atom. The van der Waals surface area contributed by atoms with Crippen molar-refractivity contribution in [2.75, 3.05) is 0 Å². The topological polar surface area (TPSA) is 55.1 Å². The first kappa shape index (κ1) is 16.5. The summed E-state index contributed by atoms with van der Waals surface area (Å²) in [6.07, 6.45) is 7.56. The van der Waals surface area contributed by atoms with Crippen molar-refractivity contribution in [3.05, 3.63) is 0 Å². The summed E-state index contributed by atoms with van der Waals surface area (Å²) in [7, 11) is 0. The maximum atomic E-state index is 12.1. The molecule has 0 bridgehead atoms. The molecule has 1 rings (SSSR count). The zero-order valence-corrected chi connectivity index (χ0v) is 13.2. The molecule has 1 aliphatic rings. The van der Waals surface area contributed by atoms with Gasteiger partial charge in [0.2, 0.25) is 5.91 Å². The van der Waals surface area contributed by atoms with E-state index >= 15 is 0 Å². The van der Waals surface area contributed by atoms with Crippen LogP contribution in [-0.4, -0.2) is 18.0 Å². The fourth-order valence-corrected chi connectivity index (χ4v) is 3.07. The lowest BCUT2D eigenvalue weighted by Crippen LogP contribution is -2.42. The van der Waals surface area contributed by atoms with E-state index in [1.54, 1.807) is 0 Å². The normalized spacial score (nSPS) is 26.6. The SMILES string of the molecule is CC1CCCCCC1NC(=O)CC(N)CC(C)(C)C. The lowest BCUT2D eigenvalue weighted by atomic mass is 9.87. The van der Waals surface area contributed by atoms with E-state index < -0.39 is 0 Å². The Kier molecular flexibility index (Phi) is 6.31. The van der Waals surface area contributed by atoms with Crippen molar-refractivity contribution in [1.29, 1.82) is 0 Å². The Morgan fingerprint density at radius 2 is 1.89 bits per heavy atom. The van der Waals surface area contributed by atoms with Crippen molar-refractivity contribution in [3.8, 4) is 0 Å². The average molecular weight is 268 g/mol. The van der Waals surface area contributed by atoms with Gasteiger partial charge in [-0.1, -0.05) is 47.0 Å². The predicted molar refractivity (Wildman–Crippen MR) is 80.8 cm³/mol. The highest BCUT2D eigenvalue weighted by molar-refractivity contribution is 5.76. The number of hydrogen-bond donors (Lipinski definition) is 2. The van der Waals surface area contributed by atoms with Crippen LogP contribution in [0.25, 0.3) is 0 Å². The van der Waals surface area contributed by atoms with Crippen LogP contribution < -0.4 is 11.1 Å². The maximum absolute atomic E-state index is 12.1. The first-order valence-electron chi connectivity index (χ1n) is 7.83. The molecule has 3 atom stereocenters. The molecule has 3 unspecified atom stereocenters. The zero-order chi connectivity index (χ0) is 14.5. The number of nitrogens with two attached hydrogens (primary N) is 1. The van der Waals surface area contributed by atoms with Crippen molar-refractivity contribution in [2.24, 2.45) is 17.1 Å². The Labute approximate surface area is 118 Å². The highest BCUT2D eigenvalue weighted by atomic mass is 16.1. The molecule has 1 aliphatic carbocycles. The number of rotatable bonds is 4. The van der Waals surface area contributed by atoms with Gasteiger partial charge in [0.1, 0.15) is 0 Å². The average Bonchev–Trinajstić information content (AvgIpc) is 2.41. The summed E-state index contributed by atoms with van der Waals surface area (Å²) in [5.41, 5.74) is 6.26. The van der Waals surface area contributed by atoms with Gasteiger partial charge < -0.3 is 11.1 Å². The van der Waals surface area contributed by atoms with E-state index in [-0.39, 0.29) is 17.4 Å². The summed E-state index contributed by atoms with van der Waals surface area (Å²) in [4.78, 5) is 12.1. The fourth-order valence-electron chi connectivity index (χ4n) is 3.07. The number of nitrogens with one attached hydrogen (secondary N) is 1. The molecule has 3 N–H and O–H groups in total. The van der Waals surface area contributed by atoms with Crippen LogP contribution in [0.1, 0.15) is 72.6 Å². The van der Waals surface area contributed by atoms with Gasteiger partial charge in [-0.25, -0.2) is 0 Å². The lowest BCUT2D eigenvalue weighted by Gasteiger charge is -2.26. The molecule has 3 nitrogen and oxygen atoms in total. The van der Waals surface area contributed by atoms with E-state index in [9.17, 15) is 4.79 Å². The second-order valence-electron chi connectivity index (χ2n) is 7.52. The van der Waals surface area contributed by atoms with Crippen molar-refractivity contribution >= 4 is 5.91 Å². The van der Waals surface area contributed by atoms with Crippen LogP contribution in [0.2, 0.25) is 0 Å². The van der Waals surface area contributed by atoms with Crippen LogP contribution in [0, 0.1) is 11.3 Å².